The first-order valence-electron chi connectivity index (χ1n) is 15.1. The molecule has 3 heterocycles. The fourth-order valence-electron chi connectivity index (χ4n) is 5.84. The van der Waals surface area contributed by atoms with Gasteiger partial charge in [0.2, 0.25) is 0 Å². The largest absolute Gasteiger partial charge is 0.236 e. The summed E-state index contributed by atoms with van der Waals surface area (Å²) < 4.78 is 3.65. The second kappa shape index (κ2) is 11.1. The number of thiazole rings is 1. The molecular weight excluding hydrogens is 601 g/mol. The zero-order valence-corrected chi connectivity index (χ0v) is 26.1. The van der Waals surface area contributed by atoms with Crippen LogP contribution in [0.5, 0.6) is 0 Å². The molecule has 0 aliphatic carbocycles. The summed E-state index contributed by atoms with van der Waals surface area (Å²) in [5.41, 5.74) is 7.44. The molecular formula is C40H24N4S2. The lowest BCUT2D eigenvalue weighted by Gasteiger charge is -2.08. The molecule has 0 N–H and O–H groups in total. The van der Waals surface area contributed by atoms with Crippen molar-refractivity contribution in [1.29, 1.82) is 0 Å². The molecule has 6 aromatic carbocycles. The number of rotatable bonds is 5. The van der Waals surface area contributed by atoms with E-state index >= 15 is 0 Å². The van der Waals surface area contributed by atoms with Crippen LogP contribution in [0.4, 0.5) is 0 Å². The van der Waals surface area contributed by atoms with Crippen molar-refractivity contribution in [1.82, 2.24) is 19.9 Å². The maximum Gasteiger partial charge on any atom is 0.164 e. The highest BCUT2D eigenvalue weighted by Crippen LogP contribution is 2.39. The number of hydrogen-bond acceptors (Lipinski definition) is 6. The summed E-state index contributed by atoms with van der Waals surface area (Å²) >= 11 is 3.53. The lowest BCUT2D eigenvalue weighted by Crippen LogP contribution is -1.99. The Bertz CT molecular complexity index is 2460. The summed E-state index contributed by atoms with van der Waals surface area (Å²) in [5.74, 6) is 2.00. The van der Waals surface area contributed by atoms with Crippen LogP contribution in [0.15, 0.2) is 146 Å². The van der Waals surface area contributed by atoms with Gasteiger partial charge < -0.3 is 0 Å². The minimum Gasteiger partial charge on any atom is -0.236 e. The molecule has 0 bridgehead atoms. The third-order valence-electron chi connectivity index (χ3n) is 8.17. The maximum atomic E-state index is 4.97. The van der Waals surface area contributed by atoms with Crippen LogP contribution in [0, 0.1) is 0 Å². The fourth-order valence-corrected chi connectivity index (χ4v) is 7.92. The van der Waals surface area contributed by atoms with Gasteiger partial charge in [0.25, 0.3) is 0 Å². The molecule has 46 heavy (non-hydrogen) atoms. The Hall–Kier alpha value is -5.56. The molecule has 4 nitrogen and oxygen atoms in total. The van der Waals surface area contributed by atoms with E-state index in [2.05, 4.69) is 78.9 Å². The molecule has 3 aromatic heterocycles. The van der Waals surface area contributed by atoms with Crippen LogP contribution in [0.1, 0.15) is 0 Å². The zero-order valence-electron chi connectivity index (χ0n) is 24.5. The van der Waals surface area contributed by atoms with Gasteiger partial charge in [-0.2, -0.15) is 0 Å². The molecule has 6 heteroatoms. The van der Waals surface area contributed by atoms with Crippen LogP contribution >= 0.6 is 22.7 Å². The van der Waals surface area contributed by atoms with Crippen molar-refractivity contribution < 1.29 is 0 Å². The molecule has 0 aliphatic rings. The Kier molecular flexibility index (Phi) is 6.47. The van der Waals surface area contributed by atoms with Crippen molar-refractivity contribution in [3.63, 3.8) is 0 Å². The van der Waals surface area contributed by atoms with Crippen LogP contribution < -0.4 is 0 Å². The van der Waals surface area contributed by atoms with Gasteiger partial charge in [0.05, 0.1) is 10.2 Å². The third kappa shape index (κ3) is 4.85. The number of nitrogens with zero attached hydrogens (tertiary/aromatic N) is 4. The van der Waals surface area contributed by atoms with Crippen molar-refractivity contribution >= 4 is 53.1 Å². The van der Waals surface area contributed by atoms with E-state index in [4.69, 9.17) is 19.9 Å². The Morgan fingerprint density at radius 2 is 0.870 bits per heavy atom. The van der Waals surface area contributed by atoms with Gasteiger partial charge in [0.1, 0.15) is 5.01 Å². The molecule has 9 rings (SSSR count). The third-order valence-corrected chi connectivity index (χ3v) is 10.4. The first-order valence-corrected chi connectivity index (χ1v) is 16.7. The Balaban J connectivity index is 1.11. The highest BCUT2D eigenvalue weighted by Gasteiger charge is 2.15. The van der Waals surface area contributed by atoms with Crippen LogP contribution in [0.3, 0.4) is 0 Å². The first kappa shape index (κ1) is 26.8. The van der Waals surface area contributed by atoms with Gasteiger partial charge >= 0.3 is 0 Å². The number of benzene rings is 6. The second-order valence-corrected chi connectivity index (χ2v) is 13.2. The minimum absolute atomic E-state index is 0.665. The summed E-state index contributed by atoms with van der Waals surface area (Å²) in [6.45, 7) is 0. The molecule has 0 radical (unpaired) electrons. The summed E-state index contributed by atoms with van der Waals surface area (Å²) in [4.78, 5) is 19.7. The monoisotopic (exact) mass is 624 g/mol. The number of fused-ring (bicyclic) bond motifs is 4. The molecule has 216 valence electrons. The molecule has 9 aromatic rings. The van der Waals surface area contributed by atoms with E-state index < -0.39 is 0 Å². The van der Waals surface area contributed by atoms with Crippen molar-refractivity contribution in [3.8, 4) is 55.9 Å². The molecule has 0 atom stereocenters. The highest BCUT2D eigenvalue weighted by atomic mass is 32.1. The van der Waals surface area contributed by atoms with Crippen molar-refractivity contribution in [2.45, 2.75) is 0 Å². The summed E-state index contributed by atoms with van der Waals surface area (Å²) in [6.07, 6.45) is 0. The lowest BCUT2D eigenvalue weighted by molar-refractivity contribution is 1.07. The normalized spacial score (nSPS) is 11.5. The predicted molar refractivity (Wildman–Crippen MR) is 193 cm³/mol. The number of thiophene rings is 1. The minimum atomic E-state index is 0.665. The first-order chi connectivity index (χ1) is 22.7. The summed E-state index contributed by atoms with van der Waals surface area (Å²) in [7, 11) is 0. The van der Waals surface area contributed by atoms with Crippen LogP contribution in [-0.4, -0.2) is 19.9 Å². The second-order valence-electron chi connectivity index (χ2n) is 11.1. The van der Waals surface area contributed by atoms with E-state index in [1.807, 2.05) is 66.7 Å². The van der Waals surface area contributed by atoms with E-state index in [1.54, 1.807) is 22.7 Å². The van der Waals surface area contributed by atoms with Crippen LogP contribution in [0.2, 0.25) is 0 Å². The van der Waals surface area contributed by atoms with Gasteiger partial charge in [-0.1, -0.05) is 115 Å². The SMILES string of the molecule is c1ccc(-c2nc(-c3ccccc3)nc(-c3ccc4c(c3)sc3ccc(-c5ccc6sc(-c7ccccc7)nc6c5)cc34)n2)cc1. The van der Waals surface area contributed by atoms with Gasteiger partial charge in [-0.05, 0) is 41.5 Å². The van der Waals surface area contributed by atoms with Gasteiger partial charge in [-0.25, -0.2) is 19.9 Å². The van der Waals surface area contributed by atoms with Gasteiger partial charge in [-0.15, -0.1) is 22.7 Å². The Morgan fingerprint density at radius 3 is 1.52 bits per heavy atom. The van der Waals surface area contributed by atoms with E-state index in [1.165, 1.54) is 36.0 Å². The number of aromatic nitrogens is 4. The Morgan fingerprint density at radius 1 is 0.326 bits per heavy atom. The molecule has 0 aliphatic heterocycles. The van der Waals surface area contributed by atoms with E-state index in [9.17, 15) is 0 Å². The average Bonchev–Trinajstić information content (AvgIpc) is 3.73. The summed E-state index contributed by atoms with van der Waals surface area (Å²) in [6, 6.07) is 50.5. The standard InChI is InChI=1S/C40H24N4S2/c1-4-10-25(11-5-1)37-42-38(26-12-6-2-7-13-26)44-39(43-37)30-16-19-31-32-22-28(17-20-34(32)45-36(31)24-30)29-18-21-35-33(23-29)41-40(46-35)27-14-8-3-9-15-27/h1-24H. The van der Waals surface area contributed by atoms with E-state index in [0.29, 0.717) is 17.5 Å². The summed E-state index contributed by atoms with van der Waals surface area (Å²) in [5, 5.41) is 3.53. The molecule has 0 saturated carbocycles. The lowest BCUT2D eigenvalue weighted by atomic mass is 10.0. The van der Waals surface area contributed by atoms with Crippen molar-refractivity contribution in [2.75, 3.05) is 0 Å². The average molecular weight is 625 g/mol. The van der Waals surface area contributed by atoms with Gasteiger partial charge in [-0.3, -0.25) is 0 Å². The van der Waals surface area contributed by atoms with E-state index in [0.717, 1.165) is 32.8 Å². The molecule has 0 spiro atoms. The predicted octanol–water partition coefficient (Wildman–Crippen LogP) is 11.2. The fraction of sp³-hybridized carbons (Fsp3) is 0. The molecule has 0 unspecified atom stereocenters. The molecule has 0 saturated heterocycles. The van der Waals surface area contributed by atoms with Crippen molar-refractivity contribution in [2.24, 2.45) is 0 Å². The smallest absolute Gasteiger partial charge is 0.164 e. The Labute approximate surface area is 273 Å². The van der Waals surface area contributed by atoms with Crippen LogP contribution in [0.25, 0.3) is 86.3 Å². The van der Waals surface area contributed by atoms with Gasteiger partial charge in [0.15, 0.2) is 17.5 Å². The van der Waals surface area contributed by atoms with E-state index in [-0.39, 0.29) is 0 Å². The number of hydrogen-bond donors (Lipinski definition) is 0. The maximum absolute atomic E-state index is 4.97. The highest BCUT2D eigenvalue weighted by molar-refractivity contribution is 7.25. The quantitative estimate of drug-likeness (QED) is 0.191. The molecule has 0 amide bonds. The van der Waals surface area contributed by atoms with Crippen molar-refractivity contribution in [3.05, 3.63) is 146 Å². The van der Waals surface area contributed by atoms with Gasteiger partial charge in [0, 0.05) is 42.4 Å². The molecule has 0 fully saturated rings. The zero-order chi connectivity index (χ0) is 30.5. The van der Waals surface area contributed by atoms with Crippen LogP contribution in [-0.2, 0) is 0 Å². The topological polar surface area (TPSA) is 51.6 Å².